The first-order valence-electron chi connectivity index (χ1n) is 3.53. The van der Waals surface area contributed by atoms with Gasteiger partial charge >= 0.3 is 0 Å². The number of aromatic nitrogens is 1. The molecule has 0 aliphatic heterocycles. The van der Waals surface area contributed by atoms with Crippen molar-refractivity contribution in [2.24, 2.45) is 0 Å². The quantitative estimate of drug-likeness (QED) is 0.726. The van der Waals surface area contributed by atoms with Gasteiger partial charge in [0.25, 0.3) is 0 Å². The van der Waals surface area contributed by atoms with E-state index in [0.29, 0.717) is 5.75 Å². The Balaban J connectivity index is 2.51. The maximum absolute atomic E-state index is 9.39. The second-order valence-electron chi connectivity index (χ2n) is 2.41. The van der Waals surface area contributed by atoms with E-state index >= 15 is 0 Å². The van der Waals surface area contributed by atoms with Crippen LogP contribution >= 0.6 is 11.3 Å². The molecule has 0 atom stereocenters. The number of aromatic hydroxyl groups is 1. The largest absolute Gasteiger partial charge is 0.506 e. The molecule has 3 heteroatoms. The molecule has 2 rings (SSSR count). The minimum absolute atomic E-state index is 0.339. The van der Waals surface area contributed by atoms with E-state index in [-0.39, 0.29) is 0 Å². The summed E-state index contributed by atoms with van der Waals surface area (Å²) in [5.41, 5.74) is 1.88. The van der Waals surface area contributed by atoms with Gasteiger partial charge in [-0.25, -0.2) is 0 Å². The average molecular weight is 177 g/mol. The molecule has 0 radical (unpaired) electrons. The lowest BCUT2D eigenvalue weighted by Crippen LogP contribution is -1.74. The molecule has 2 heterocycles. The highest BCUT2D eigenvalue weighted by Gasteiger charge is 2.02. The number of thiophene rings is 1. The average Bonchev–Trinajstić information content (AvgIpc) is 2.53. The van der Waals surface area contributed by atoms with Crippen molar-refractivity contribution in [2.45, 2.75) is 0 Å². The summed E-state index contributed by atoms with van der Waals surface area (Å²) in [6.07, 6.45) is 3.43. The highest BCUT2D eigenvalue weighted by Crippen LogP contribution is 2.31. The van der Waals surface area contributed by atoms with Gasteiger partial charge < -0.3 is 5.11 Å². The molecule has 0 saturated heterocycles. The molecule has 1 N–H and O–H groups in total. The summed E-state index contributed by atoms with van der Waals surface area (Å²) in [7, 11) is 0. The predicted molar refractivity (Wildman–Crippen MR) is 49.2 cm³/mol. The van der Waals surface area contributed by atoms with E-state index in [1.165, 1.54) is 11.3 Å². The van der Waals surface area contributed by atoms with Crippen LogP contribution in [-0.2, 0) is 0 Å². The summed E-state index contributed by atoms with van der Waals surface area (Å²) in [6, 6.07) is 3.75. The summed E-state index contributed by atoms with van der Waals surface area (Å²) in [6.45, 7) is 0. The minimum atomic E-state index is 0.339. The second kappa shape index (κ2) is 2.95. The van der Waals surface area contributed by atoms with Crippen molar-refractivity contribution < 1.29 is 5.11 Å². The van der Waals surface area contributed by atoms with Crippen molar-refractivity contribution in [3.8, 4) is 16.9 Å². The van der Waals surface area contributed by atoms with Crippen molar-refractivity contribution >= 4 is 11.3 Å². The Morgan fingerprint density at radius 1 is 1.17 bits per heavy atom. The highest BCUT2D eigenvalue weighted by atomic mass is 32.1. The minimum Gasteiger partial charge on any atom is -0.506 e. The third-order valence-corrected chi connectivity index (χ3v) is 2.36. The first-order valence-corrected chi connectivity index (χ1v) is 4.48. The van der Waals surface area contributed by atoms with Crippen molar-refractivity contribution in [1.82, 2.24) is 4.98 Å². The smallest absolute Gasteiger partial charge is 0.134 e. The number of hydrogen-bond donors (Lipinski definition) is 1. The van der Waals surface area contributed by atoms with Gasteiger partial charge in [0, 0.05) is 28.7 Å². The van der Waals surface area contributed by atoms with Crippen LogP contribution in [-0.4, -0.2) is 10.1 Å². The lowest BCUT2D eigenvalue weighted by molar-refractivity contribution is 0.480. The first kappa shape index (κ1) is 7.31. The van der Waals surface area contributed by atoms with E-state index in [2.05, 4.69) is 4.98 Å². The molecule has 0 spiro atoms. The van der Waals surface area contributed by atoms with Crippen LogP contribution in [0.25, 0.3) is 11.1 Å². The van der Waals surface area contributed by atoms with Crippen molar-refractivity contribution in [2.75, 3.05) is 0 Å². The van der Waals surface area contributed by atoms with E-state index in [1.54, 1.807) is 17.8 Å². The monoisotopic (exact) mass is 177 g/mol. The third kappa shape index (κ3) is 1.19. The Labute approximate surface area is 74.1 Å². The van der Waals surface area contributed by atoms with Gasteiger partial charge in [-0.1, -0.05) is 0 Å². The van der Waals surface area contributed by atoms with Crippen molar-refractivity contribution in [3.05, 3.63) is 35.3 Å². The van der Waals surface area contributed by atoms with E-state index < -0.39 is 0 Å². The van der Waals surface area contributed by atoms with Crippen LogP contribution in [0.3, 0.4) is 0 Å². The number of nitrogens with zero attached hydrogens (tertiary/aromatic N) is 1. The van der Waals surface area contributed by atoms with Gasteiger partial charge in [0.15, 0.2) is 0 Å². The molecule has 0 aliphatic carbocycles. The predicted octanol–water partition coefficient (Wildman–Crippen LogP) is 2.52. The highest BCUT2D eigenvalue weighted by molar-refractivity contribution is 7.08. The molecule has 12 heavy (non-hydrogen) atoms. The second-order valence-corrected chi connectivity index (χ2v) is 3.15. The molecule has 60 valence electrons. The van der Waals surface area contributed by atoms with Crippen LogP contribution in [0.1, 0.15) is 0 Å². The molecular formula is C9H7NOS. The summed E-state index contributed by atoms with van der Waals surface area (Å²) >= 11 is 1.49. The Kier molecular flexibility index (Phi) is 1.80. The first-order chi connectivity index (χ1) is 5.88. The fourth-order valence-electron chi connectivity index (χ4n) is 1.04. The maximum atomic E-state index is 9.39. The van der Waals surface area contributed by atoms with Crippen LogP contribution in [0.4, 0.5) is 0 Å². The van der Waals surface area contributed by atoms with Gasteiger partial charge in [0.2, 0.25) is 0 Å². The van der Waals surface area contributed by atoms with E-state index in [9.17, 15) is 5.11 Å². The fourth-order valence-corrected chi connectivity index (χ4v) is 1.75. The Morgan fingerprint density at radius 3 is 2.50 bits per heavy atom. The zero-order valence-electron chi connectivity index (χ0n) is 6.27. The molecule has 0 fully saturated rings. The molecule has 0 saturated carbocycles. The maximum Gasteiger partial charge on any atom is 0.134 e. The summed E-state index contributed by atoms with van der Waals surface area (Å²) in [5.74, 6) is 0.339. The fraction of sp³-hybridized carbons (Fsp3) is 0. The van der Waals surface area contributed by atoms with E-state index in [4.69, 9.17) is 0 Å². The molecular weight excluding hydrogens is 170 g/mol. The number of hydrogen-bond acceptors (Lipinski definition) is 3. The third-order valence-electron chi connectivity index (χ3n) is 1.63. The van der Waals surface area contributed by atoms with Gasteiger partial charge in [0.05, 0.1) is 0 Å². The molecule has 0 bridgehead atoms. The van der Waals surface area contributed by atoms with Crippen LogP contribution in [0.2, 0.25) is 0 Å². The lowest BCUT2D eigenvalue weighted by atomic mass is 10.1. The molecule has 0 amide bonds. The lowest BCUT2D eigenvalue weighted by Gasteiger charge is -1.96. The van der Waals surface area contributed by atoms with Gasteiger partial charge in [-0.3, -0.25) is 4.98 Å². The SMILES string of the molecule is Oc1cscc1-c1ccncc1. The van der Waals surface area contributed by atoms with E-state index in [1.807, 2.05) is 17.5 Å². The number of rotatable bonds is 1. The van der Waals surface area contributed by atoms with Crippen molar-refractivity contribution in [3.63, 3.8) is 0 Å². The molecule has 0 aliphatic rings. The zero-order chi connectivity index (χ0) is 8.39. The van der Waals surface area contributed by atoms with Gasteiger partial charge in [0.1, 0.15) is 5.75 Å². The van der Waals surface area contributed by atoms with Gasteiger partial charge in [-0.2, -0.15) is 0 Å². The zero-order valence-corrected chi connectivity index (χ0v) is 7.08. The van der Waals surface area contributed by atoms with Crippen LogP contribution in [0.15, 0.2) is 35.3 Å². The summed E-state index contributed by atoms with van der Waals surface area (Å²) < 4.78 is 0. The van der Waals surface area contributed by atoms with Gasteiger partial charge in [-0.15, -0.1) is 11.3 Å². The van der Waals surface area contributed by atoms with Gasteiger partial charge in [-0.05, 0) is 17.7 Å². The summed E-state index contributed by atoms with van der Waals surface area (Å²) in [5, 5.41) is 13.0. The normalized spacial score (nSPS) is 10.0. The van der Waals surface area contributed by atoms with Crippen LogP contribution in [0, 0.1) is 0 Å². The molecule has 2 nitrogen and oxygen atoms in total. The Morgan fingerprint density at radius 2 is 1.92 bits per heavy atom. The Hall–Kier alpha value is -1.35. The Bertz CT molecular complexity index is 369. The van der Waals surface area contributed by atoms with E-state index in [0.717, 1.165) is 11.1 Å². The van der Waals surface area contributed by atoms with Crippen molar-refractivity contribution in [1.29, 1.82) is 0 Å². The molecule has 0 unspecified atom stereocenters. The molecule has 2 aromatic rings. The summed E-state index contributed by atoms with van der Waals surface area (Å²) in [4.78, 5) is 3.91. The molecule has 0 aromatic carbocycles. The van der Waals surface area contributed by atoms with Crippen LogP contribution < -0.4 is 0 Å². The van der Waals surface area contributed by atoms with Crippen LogP contribution in [0.5, 0.6) is 5.75 Å². The topological polar surface area (TPSA) is 33.1 Å². The molecule has 2 aromatic heterocycles. The number of pyridine rings is 1. The standard InChI is InChI=1S/C9H7NOS/c11-9-6-12-5-8(9)7-1-3-10-4-2-7/h1-6,11H.